The standard InChI is InChI=1S/C16H15Cl2N3S/c17-13-5-1-4-12(15(13)18)14(21-16-20-7-8-22-16)9-11-3-2-6-19-10-11/h1-6,10,14H,7-9H2,(H,20,21). The molecule has 1 unspecified atom stereocenters. The molecule has 0 saturated heterocycles. The van der Waals surface area contributed by atoms with Gasteiger partial charge in [0.05, 0.1) is 22.6 Å². The summed E-state index contributed by atoms with van der Waals surface area (Å²) in [5.74, 6) is 1.02. The van der Waals surface area contributed by atoms with Gasteiger partial charge in [0, 0.05) is 18.1 Å². The number of hydrogen-bond acceptors (Lipinski definition) is 4. The molecule has 0 amide bonds. The molecule has 0 radical (unpaired) electrons. The molecule has 3 rings (SSSR count). The van der Waals surface area contributed by atoms with Crippen molar-refractivity contribution in [3.63, 3.8) is 0 Å². The second-order valence-corrected chi connectivity index (χ2v) is 6.81. The van der Waals surface area contributed by atoms with E-state index in [4.69, 9.17) is 23.2 Å². The molecular weight excluding hydrogens is 337 g/mol. The highest BCUT2D eigenvalue weighted by atomic mass is 35.5. The molecule has 0 fully saturated rings. The minimum Gasteiger partial charge on any atom is -0.358 e. The number of pyridine rings is 1. The first kappa shape index (κ1) is 15.7. The van der Waals surface area contributed by atoms with Gasteiger partial charge in [0.1, 0.15) is 0 Å². The summed E-state index contributed by atoms with van der Waals surface area (Å²) in [5, 5.41) is 5.61. The van der Waals surface area contributed by atoms with Crippen LogP contribution in [-0.2, 0) is 6.42 Å². The molecule has 22 heavy (non-hydrogen) atoms. The summed E-state index contributed by atoms with van der Waals surface area (Å²) in [6.45, 7) is 0.857. The molecule has 1 aliphatic heterocycles. The van der Waals surface area contributed by atoms with Crippen molar-refractivity contribution in [2.45, 2.75) is 12.5 Å². The van der Waals surface area contributed by atoms with E-state index in [0.717, 1.165) is 35.0 Å². The lowest BCUT2D eigenvalue weighted by atomic mass is 10.00. The van der Waals surface area contributed by atoms with Gasteiger partial charge in [-0.2, -0.15) is 0 Å². The number of nitrogens with one attached hydrogen (secondary N) is 1. The summed E-state index contributed by atoms with van der Waals surface area (Å²) in [4.78, 5) is 8.65. The van der Waals surface area contributed by atoms with Gasteiger partial charge in [0.25, 0.3) is 0 Å². The SMILES string of the molecule is Clc1cccc(C(Cc2cccnc2)NC2=NCCS2)c1Cl. The summed E-state index contributed by atoms with van der Waals surface area (Å²) in [7, 11) is 0. The largest absolute Gasteiger partial charge is 0.358 e. The second kappa shape index (κ2) is 7.36. The highest BCUT2D eigenvalue weighted by Crippen LogP contribution is 2.32. The Morgan fingerprint density at radius 3 is 2.86 bits per heavy atom. The Balaban J connectivity index is 1.89. The van der Waals surface area contributed by atoms with Crippen molar-refractivity contribution in [3.8, 4) is 0 Å². The topological polar surface area (TPSA) is 37.3 Å². The molecule has 0 spiro atoms. The van der Waals surface area contributed by atoms with Gasteiger partial charge < -0.3 is 5.32 Å². The van der Waals surface area contributed by atoms with Crippen molar-refractivity contribution < 1.29 is 0 Å². The minimum absolute atomic E-state index is 0.0137. The Morgan fingerprint density at radius 2 is 2.14 bits per heavy atom. The Labute approximate surface area is 144 Å². The summed E-state index contributed by atoms with van der Waals surface area (Å²) in [6, 6.07) is 9.74. The number of rotatable bonds is 4. The van der Waals surface area contributed by atoms with E-state index in [0.29, 0.717) is 10.0 Å². The molecule has 114 valence electrons. The van der Waals surface area contributed by atoms with Crippen LogP contribution in [0.4, 0.5) is 0 Å². The van der Waals surface area contributed by atoms with Crippen molar-refractivity contribution in [3.05, 3.63) is 63.9 Å². The van der Waals surface area contributed by atoms with E-state index in [2.05, 4.69) is 21.4 Å². The molecule has 1 aromatic heterocycles. The first-order chi connectivity index (χ1) is 10.7. The number of benzene rings is 1. The number of thioether (sulfide) groups is 1. The van der Waals surface area contributed by atoms with E-state index in [1.165, 1.54) is 0 Å². The van der Waals surface area contributed by atoms with E-state index >= 15 is 0 Å². The maximum atomic E-state index is 6.41. The number of halogens is 2. The fourth-order valence-electron chi connectivity index (χ4n) is 2.35. The fraction of sp³-hybridized carbons (Fsp3) is 0.250. The molecule has 0 saturated carbocycles. The van der Waals surface area contributed by atoms with Crippen LogP contribution in [0.25, 0.3) is 0 Å². The number of aliphatic imine (C=N–C) groups is 1. The van der Waals surface area contributed by atoms with Gasteiger partial charge in [0.15, 0.2) is 5.17 Å². The zero-order chi connectivity index (χ0) is 15.4. The van der Waals surface area contributed by atoms with Crippen molar-refractivity contribution in [2.24, 2.45) is 4.99 Å². The lowest BCUT2D eigenvalue weighted by Gasteiger charge is -2.21. The van der Waals surface area contributed by atoms with E-state index in [9.17, 15) is 0 Å². The third-order valence-corrected chi connectivity index (χ3v) is 5.14. The smallest absolute Gasteiger partial charge is 0.157 e. The molecule has 1 aromatic carbocycles. The molecule has 3 nitrogen and oxygen atoms in total. The van der Waals surface area contributed by atoms with Crippen LogP contribution in [-0.4, -0.2) is 22.4 Å². The summed E-state index contributed by atoms with van der Waals surface area (Å²) >= 11 is 14.3. The highest BCUT2D eigenvalue weighted by molar-refractivity contribution is 8.14. The van der Waals surface area contributed by atoms with Crippen LogP contribution in [0.2, 0.25) is 10.0 Å². The van der Waals surface area contributed by atoms with Crippen LogP contribution < -0.4 is 5.32 Å². The minimum atomic E-state index is 0.0137. The summed E-state index contributed by atoms with van der Waals surface area (Å²) in [6.07, 6.45) is 4.42. The second-order valence-electron chi connectivity index (χ2n) is 4.94. The number of amidine groups is 1. The molecule has 0 bridgehead atoms. The molecule has 1 N–H and O–H groups in total. The Bertz CT molecular complexity index is 676. The van der Waals surface area contributed by atoms with Crippen LogP contribution in [0.15, 0.2) is 47.7 Å². The predicted molar refractivity (Wildman–Crippen MR) is 95.0 cm³/mol. The monoisotopic (exact) mass is 351 g/mol. The maximum Gasteiger partial charge on any atom is 0.157 e. The third kappa shape index (κ3) is 3.75. The van der Waals surface area contributed by atoms with Crippen molar-refractivity contribution in [1.29, 1.82) is 0 Å². The highest BCUT2D eigenvalue weighted by Gasteiger charge is 2.20. The number of nitrogens with zero attached hydrogens (tertiary/aromatic N) is 2. The summed E-state index contributed by atoms with van der Waals surface area (Å²) in [5.41, 5.74) is 2.12. The molecule has 2 aromatic rings. The average molecular weight is 352 g/mol. The van der Waals surface area contributed by atoms with E-state index < -0.39 is 0 Å². The molecule has 1 aliphatic rings. The maximum absolute atomic E-state index is 6.41. The Hall–Kier alpha value is -1.23. The van der Waals surface area contributed by atoms with Gasteiger partial charge in [-0.1, -0.05) is 53.2 Å². The van der Waals surface area contributed by atoms with Crippen LogP contribution in [0.3, 0.4) is 0 Å². The Morgan fingerprint density at radius 1 is 1.23 bits per heavy atom. The predicted octanol–water partition coefficient (Wildman–Crippen LogP) is 4.36. The number of hydrogen-bond donors (Lipinski definition) is 1. The zero-order valence-corrected chi connectivity index (χ0v) is 14.1. The van der Waals surface area contributed by atoms with E-state index in [1.807, 2.05) is 24.4 Å². The molecule has 2 heterocycles. The van der Waals surface area contributed by atoms with E-state index in [1.54, 1.807) is 24.0 Å². The normalized spacial score (nSPS) is 15.5. The van der Waals surface area contributed by atoms with Crippen molar-refractivity contribution in [2.75, 3.05) is 12.3 Å². The first-order valence-corrected chi connectivity index (χ1v) is 8.75. The van der Waals surface area contributed by atoms with Gasteiger partial charge in [-0.15, -0.1) is 0 Å². The zero-order valence-electron chi connectivity index (χ0n) is 11.8. The molecule has 6 heteroatoms. The first-order valence-electron chi connectivity index (χ1n) is 7.00. The molecular formula is C16H15Cl2N3S. The Kier molecular flexibility index (Phi) is 5.24. The van der Waals surface area contributed by atoms with E-state index in [-0.39, 0.29) is 6.04 Å². The van der Waals surface area contributed by atoms with Crippen LogP contribution in [0.5, 0.6) is 0 Å². The number of aromatic nitrogens is 1. The molecule has 0 aliphatic carbocycles. The van der Waals surface area contributed by atoms with Gasteiger partial charge in [-0.25, -0.2) is 0 Å². The van der Waals surface area contributed by atoms with Crippen LogP contribution in [0, 0.1) is 0 Å². The summed E-state index contributed by atoms with van der Waals surface area (Å²) < 4.78 is 0. The average Bonchev–Trinajstić information content (AvgIpc) is 3.03. The van der Waals surface area contributed by atoms with Crippen LogP contribution >= 0.6 is 35.0 Å². The van der Waals surface area contributed by atoms with Crippen molar-refractivity contribution >= 4 is 40.1 Å². The lowest BCUT2D eigenvalue weighted by Crippen LogP contribution is -2.27. The quantitative estimate of drug-likeness (QED) is 0.888. The molecule has 1 atom stereocenters. The van der Waals surface area contributed by atoms with Gasteiger partial charge in [-0.05, 0) is 29.7 Å². The van der Waals surface area contributed by atoms with Crippen LogP contribution in [0.1, 0.15) is 17.2 Å². The lowest BCUT2D eigenvalue weighted by molar-refractivity contribution is 0.647. The third-order valence-electron chi connectivity index (χ3n) is 3.40. The van der Waals surface area contributed by atoms with Gasteiger partial charge in [-0.3, -0.25) is 9.98 Å². The van der Waals surface area contributed by atoms with Gasteiger partial charge >= 0.3 is 0 Å². The van der Waals surface area contributed by atoms with Gasteiger partial charge in [0.2, 0.25) is 0 Å². The van der Waals surface area contributed by atoms with Crippen molar-refractivity contribution in [1.82, 2.24) is 10.3 Å². The fourth-order valence-corrected chi connectivity index (χ4v) is 3.58.